The zero-order chi connectivity index (χ0) is 11.5. The van der Waals surface area contributed by atoms with E-state index in [4.69, 9.17) is 0 Å². The molecule has 2 aromatic rings. The largest absolute Gasteiger partial charge is 0.508 e. The predicted octanol–water partition coefficient (Wildman–Crippen LogP) is 0.759. The van der Waals surface area contributed by atoms with Crippen molar-refractivity contribution in [3.05, 3.63) is 36.2 Å². The van der Waals surface area contributed by atoms with E-state index in [-0.39, 0.29) is 11.4 Å². The zero-order valence-corrected chi connectivity index (χ0v) is 8.49. The molecule has 0 atom stereocenters. The van der Waals surface area contributed by atoms with Crippen LogP contribution in [0.25, 0.3) is 5.69 Å². The highest BCUT2D eigenvalue weighted by Crippen LogP contribution is 2.15. The summed E-state index contributed by atoms with van der Waals surface area (Å²) in [6.45, 7) is 0. The molecule has 0 aliphatic rings. The van der Waals surface area contributed by atoms with E-state index in [0.717, 1.165) is 0 Å². The van der Waals surface area contributed by atoms with Crippen molar-refractivity contribution in [2.75, 3.05) is 7.11 Å². The minimum atomic E-state index is -0.534. The van der Waals surface area contributed by atoms with Gasteiger partial charge in [0.2, 0.25) is 0 Å². The number of aromatic nitrogens is 3. The second kappa shape index (κ2) is 4.01. The van der Waals surface area contributed by atoms with Crippen LogP contribution in [0, 0.1) is 0 Å². The molecule has 0 saturated heterocycles. The molecule has 0 aliphatic heterocycles. The standard InChI is InChI=1S/C10H9N3O3/c1-16-10(15)9-6-11-12-13(9)7-3-2-4-8(14)5-7/h2-6,14H,1H3. The van der Waals surface area contributed by atoms with Crippen molar-refractivity contribution in [1.29, 1.82) is 0 Å². The number of carbonyl (C=O) groups excluding carboxylic acids is 1. The minimum absolute atomic E-state index is 0.0869. The van der Waals surface area contributed by atoms with Gasteiger partial charge in [0.1, 0.15) is 5.75 Å². The summed E-state index contributed by atoms with van der Waals surface area (Å²) in [7, 11) is 1.28. The van der Waals surface area contributed by atoms with Crippen molar-refractivity contribution in [2.24, 2.45) is 0 Å². The number of carbonyl (C=O) groups is 1. The van der Waals surface area contributed by atoms with E-state index in [9.17, 15) is 9.90 Å². The molecule has 2 rings (SSSR count). The van der Waals surface area contributed by atoms with Gasteiger partial charge >= 0.3 is 5.97 Å². The van der Waals surface area contributed by atoms with E-state index in [1.165, 1.54) is 30.1 Å². The van der Waals surface area contributed by atoms with Crippen LogP contribution in [0.5, 0.6) is 5.75 Å². The minimum Gasteiger partial charge on any atom is -0.508 e. The fourth-order valence-corrected chi connectivity index (χ4v) is 1.29. The van der Waals surface area contributed by atoms with Crippen LogP contribution in [0.1, 0.15) is 10.5 Å². The van der Waals surface area contributed by atoms with Gasteiger partial charge < -0.3 is 9.84 Å². The van der Waals surface area contributed by atoms with E-state index < -0.39 is 5.97 Å². The van der Waals surface area contributed by atoms with Crippen LogP contribution in [-0.4, -0.2) is 33.2 Å². The Morgan fingerprint density at radius 2 is 2.31 bits per heavy atom. The van der Waals surface area contributed by atoms with E-state index in [1.807, 2.05) is 0 Å². The number of ether oxygens (including phenoxy) is 1. The maximum Gasteiger partial charge on any atom is 0.358 e. The molecule has 0 spiro atoms. The summed E-state index contributed by atoms with van der Waals surface area (Å²) in [5, 5.41) is 16.7. The monoisotopic (exact) mass is 219 g/mol. The number of methoxy groups -OCH3 is 1. The van der Waals surface area contributed by atoms with Gasteiger partial charge in [-0.05, 0) is 12.1 Å². The molecular formula is C10H9N3O3. The Morgan fingerprint density at radius 1 is 1.50 bits per heavy atom. The van der Waals surface area contributed by atoms with Gasteiger partial charge in [-0.3, -0.25) is 0 Å². The molecule has 6 heteroatoms. The average Bonchev–Trinajstić information content (AvgIpc) is 2.77. The van der Waals surface area contributed by atoms with Crippen LogP contribution in [0.2, 0.25) is 0 Å². The first-order valence-corrected chi connectivity index (χ1v) is 4.51. The molecule has 1 heterocycles. The lowest BCUT2D eigenvalue weighted by atomic mass is 10.3. The fourth-order valence-electron chi connectivity index (χ4n) is 1.29. The normalized spacial score (nSPS) is 10.1. The van der Waals surface area contributed by atoms with Crippen molar-refractivity contribution < 1.29 is 14.6 Å². The number of aromatic hydroxyl groups is 1. The molecule has 82 valence electrons. The molecule has 0 fully saturated rings. The van der Waals surface area contributed by atoms with Crippen LogP contribution in [-0.2, 0) is 4.74 Å². The van der Waals surface area contributed by atoms with Crippen molar-refractivity contribution in [3.8, 4) is 11.4 Å². The smallest absolute Gasteiger partial charge is 0.358 e. The summed E-state index contributed by atoms with van der Waals surface area (Å²) in [6, 6.07) is 6.34. The lowest BCUT2D eigenvalue weighted by molar-refractivity contribution is 0.0590. The number of benzene rings is 1. The van der Waals surface area contributed by atoms with Crippen LogP contribution >= 0.6 is 0 Å². The number of rotatable bonds is 2. The molecule has 0 bridgehead atoms. The number of phenols is 1. The van der Waals surface area contributed by atoms with Gasteiger partial charge in [0, 0.05) is 6.07 Å². The van der Waals surface area contributed by atoms with Crippen LogP contribution in [0.3, 0.4) is 0 Å². The Morgan fingerprint density at radius 3 is 3.00 bits per heavy atom. The summed E-state index contributed by atoms with van der Waals surface area (Å²) in [5.74, 6) is -0.447. The zero-order valence-electron chi connectivity index (χ0n) is 8.49. The maximum absolute atomic E-state index is 11.4. The lowest BCUT2D eigenvalue weighted by Gasteiger charge is -2.04. The summed E-state index contributed by atoms with van der Waals surface area (Å²) >= 11 is 0. The van der Waals surface area contributed by atoms with E-state index in [2.05, 4.69) is 15.0 Å². The summed E-state index contributed by atoms with van der Waals surface area (Å²) in [6.07, 6.45) is 1.30. The van der Waals surface area contributed by atoms with E-state index in [0.29, 0.717) is 5.69 Å². The van der Waals surface area contributed by atoms with Gasteiger partial charge in [-0.25, -0.2) is 9.48 Å². The summed E-state index contributed by atoms with van der Waals surface area (Å²) < 4.78 is 5.88. The lowest BCUT2D eigenvalue weighted by Crippen LogP contribution is -2.10. The Kier molecular flexibility index (Phi) is 2.55. The fraction of sp³-hybridized carbons (Fsp3) is 0.100. The van der Waals surface area contributed by atoms with Gasteiger partial charge in [0.25, 0.3) is 0 Å². The topological polar surface area (TPSA) is 77.2 Å². The molecule has 0 radical (unpaired) electrons. The summed E-state index contributed by atoms with van der Waals surface area (Å²) in [5.41, 5.74) is 0.742. The van der Waals surface area contributed by atoms with Gasteiger partial charge in [0.05, 0.1) is 19.0 Å². The van der Waals surface area contributed by atoms with Gasteiger partial charge in [-0.15, -0.1) is 5.10 Å². The third-order valence-corrected chi connectivity index (χ3v) is 2.02. The highest BCUT2D eigenvalue weighted by atomic mass is 16.5. The highest BCUT2D eigenvalue weighted by Gasteiger charge is 2.14. The van der Waals surface area contributed by atoms with Gasteiger partial charge in [-0.1, -0.05) is 11.3 Å². The molecule has 0 aliphatic carbocycles. The van der Waals surface area contributed by atoms with E-state index >= 15 is 0 Å². The molecule has 6 nitrogen and oxygen atoms in total. The predicted molar refractivity (Wildman–Crippen MR) is 54.4 cm³/mol. The Balaban J connectivity index is 2.48. The van der Waals surface area contributed by atoms with Crippen LogP contribution in [0.4, 0.5) is 0 Å². The number of phenolic OH excluding ortho intramolecular Hbond substituents is 1. The molecule has 0 unspecified atom stereocenters. The third-order valence-electron chi connectivity index (χ3n) is 2.02. The molecular weight excluding hydrogens is 210 g/mol. The highest BCUT2D eigenvalue weighted by molar-refractivity contribution is 5.87. The van der Waals surface area contributed by atoms with Crippen molar-refractivity contribution >= 4 is 5.97 Å². The number of hydrogen-bond acceptors (Lipinski definition) is 5. The SMILES string of the molecule is COC(=O)c1cnnn1-c1cccc(O)c1. The van der Waals surface area contributed by atoms with Crippen molar-refractivity contribution in [1.82, 2.24) is 15.0 Å². The van der Waals surface area contributed by atoms with Crippen LogP contribution < -0.4 is 0 Å². The summed E-state index contributed by atoms with van der Waals surface area (Å²) in [4.78, 5) is 11.4. The Hall–Kier alpha value is -2.37. The third kappa shape index (κ3) is 1.72. The second-order valence-electron chi connectivity index (χ2n) is 3.04. The van der Waals surface area contributed by atoms with Crippen LogP contribution in [0.15, 0.2) is 30.5 Å². The van der Waals surface area contributed by atoms with Gasteiger partial charge in [-0.2, -0.15) is 0 Å². The molecule has 1 aromatic carbocycles. The maximum atomic E-state index is 11.4. The molecule has 1 aromatic heterocycles. The van der Waals surface area contributed by atoms with Gasteiger partial charge in [0.15, 0.2) is 5.69 Å². The van der Waals surface area contributed by atoms with E-state index in [1.54, 1.807) is 12.1 Å². The Bertz CT molecular complexity index is 522. The first-order chi connectivity index (χ1) is 7.72. The average molecular weight is 219 g/mol. The first kappa shape index (κ1) is 10.2. The number of nitrogens with zero attached hydrogens (tertiary/aromatic N) is 3. The van der Waals surface area contributed by atoms with Crippen molar-refractivity contribution in [2.45, 2.75) is 0 Å². The van der Waals surface area contributed by atoms with Crippen molar-refractivity contribution in [3.63, 3.8) is 0 Å². The molecule has 1 N–H and O–H groups in total. The number of esters is 1. The molecule has 16 heavy (non-hydrogen) atoms. The molecule has 0 saturated carbocycles. The number of hydrogen-bond donors (Lipinski definition) is 1. The second-order valence-corrected chi connectivity index (χ2v) is 3.04. The first-order valence-electron chi connectivity index (χ1n) is 4.51. The Labute approximate surface area is 91.1 Å². The molecule has 0 amide bonds. The quantitative estimate of drug-likeness (QED) is 0.754.